The van der Waals surface area contributed by atoms with Gasteiger partial charge in [0, 0.05) is 0 Å². The molecule has 0 fully saturated rings. The van der Waals surface area contributed by atoms with Crippen LogP contribution in [-0.4, -0.2) is 38.7 Å². The Labute approximate surface area is 87.5 Å². The van der Waals surface area contributed by atoms with E-state index in [4.69, 9.17) is 0 Å². The van der Waals surface area contributed by atoms with E-state index >= 15 is 0 Å². The number of rotatable bonds is 5. The molecule has 0 atom stereocenters. The number of ether oxygens (including phenoxy) is 3. The molecule has 0 saturated carbocycles. The minimum absolute atomic E-state index is 0.188. The van der Waals surface area contributed by atoms with E-state index in [1.165, 1.54) is 0 Å². The van der Waals surface area contributed by atoms with E-state index in [0.717, 1.165) is 14.2 Å². The number of carbonyl (C=O) groups is 3. The fourth-order valence-corrected chi connectivity index (χ4v) is 0.934. The van der Waals surface area contributed by atoms with E-state index in [-0.39, 0.29) is 13.0 Å². The lowest BCUT2D eigenvalue weighted by Crippen LogP contribution is -2.29. The highest BCUT2D eigenvalue weighted by molar-refractivity contribution is 5.97. The molecule has 0 spiro atoms. The van der Waals surface area contributed by atoms with Crippen LogP contribution in [0.4, 0.5) is 0 Å². The summed E-state index contributed by atoms with van der Waals surface area (Å²) in [6, 6.07) is 0. The van der Waals surface area contributed by atoms with E-state index in [2.05, 4.69) is 14.2 Å². The van der Waals surface area contributed by atoms with E-state index in [1.807, 2.05) is 0 Å². The zero-order valence-corrected chi connectivity index (χ0v) is 8.94. The maximum absolute atomic E-state index is 11.1. The van der Waals surface area contributed by atoms with Crippen LogP contribution < -0.4 is 0 Å². The summed E-state index contributed by atoms with van der Waals surface area (Å²) in [6.45, 7) is 1.82. The van der Waals surface area contributed by atoms with Gasteiger partial charge in [0.25, 0.3) is 0 Å². The second kappa shape index (κ2) is 6.80. The summed E-state index contributed by atoms with van der Waals surface area (Å²) < 4.78 is 13.3. The quantitative estimate of drug-likeness (QED) is 0.364. The van der Waals surface area contributed by atoms with Gasteiger partial charge >= 0.3 is 17.9 Å². The second-order valence-corrected chi connectivity index (χ2v) is 2.61. The Hall–Kier alpha value is -1.59. The van der Waals surface area contributed by atoms with Crippen LogP contribution in [0.25, 0.3) is 0 Å². The lowest BCUT2D eigenvalue weighted by molar-refractivity contribution is -0.163. The second-order valence-electron chi connectivity index (χ2n) is 2.61. The first-order valence-electron chi connectivity index (χ1n) is 4.38. The number of esters is 3. The first kappa shape index (κ1) is 13.4. The van der Waals surface area contributed by atoms with Crippen molar-refractivity contribution in [2.75, 3.05) is 20.8 Å². The smallest absolute Gasteiger partial charge is 0.320 e. The summed E-state index contributed by atoms with van der Waals surface area (Å²) in [6.07, 6.45) is -0.368. The Morgan fingerprint density at radius 2 is 1.53 bits per heavy atom. The Balaban J connectivity index is 4.44. The van der Waals surface area contributed by atoms with E-state index < -0.39 is 23.8 Å². The van der Waals surface area contributed by atoms with Crippen molar-refractivity contribution in [2.45, 2.75) is 13.3 Å². The lowest BCUT2D eigenvalue weighted by atomic mass is 10.1. The van der Waals surface area contributed by atoms with Gasteiger partial charge in [-0.05, 0) is 6.92 Å². The van der Waals surface area contributed by atoms with Gasteiger partial charge in [0.05, 0.1) is 27.2 Å². The van der Waals surface area contributed by atoms with E-state index in [1.54, 1.807) is 6.92 Å². The third kappa shape index (κ3) is 4.44. The molecule has 0 amide bonds. The van der Waals surface area contributed by atoms with Gasteiger partial charge in [-0.25, -0.2) is 0 Å². The number of hydrogen-bond donors (Lipinski definition) is 0. The topological polar surface area (TPSA) is 78.9 Å². The molecule has 0 aromatic carbocycles. The summed E-state index contributed by atoms with van der Waals surface area (Å²) in [7, 11) is 2.26. The maximum Gasteiger partial charge on any atom is 0.320 e. The largest absolute Gasteiger partial charge is 0.468 e. The Morgan fingerprint density at radius 1 is 1.07 bits per heavy atom. The molecule has 0 heterocycles. The average molecular weight is 218 g/mol. The summed E-state index contributed by atoms with van der Waals surface area (Å²) >= 11 is 0. The number of methoxy groups -OCH3 is 2. The third-order valence-electron chi connectivity index (χ3n) is 1.65. The molecule has 6 nitrogen and oxygen atoms in total. The molecule has 0 aromatic heterocycles. The summed E-state index contributed by atoms with van der Waals surface area (Å²) in [5, 5.41) is 0. The average Bonchev–Trinajstić information content (AvgIpc) is 2.24. The van der Waals surface area contributed by atoms with Gasteiger partial charge in [-0.3, -0.25) is 14.4 Å². The molecule has 86 valence electrons. The predicted octanol–water partition coefficient (Wildman–Crippen LogP) is -0.0982. The Bertz CT molecular complexity index is 231. The normalized spacial score (nSPS) is 9.60. The monoisotopic (exact) mass is 218 g/mol. The molecule has 0 rings (SSSR count). The third-order valence-corrected chi connectivity index (χ3v) is 1.65. The zero-order chi connectivity index (χ0) is 11.8. The van der Waals surface area contributed by atoms with Gasteiger partial charge in [0.15, 0.2) is 5.92 Å². The highest BCUT2D eigenvalue weighted by Gasteiger charge is 2.31. The van der Waals surface area contributed by atoms with Crippen molar-refractivity contribution >= 4 is 17.9 Å². The summed E-state index contributed by atoms with van der Waals surface area (Å²) in [4.78, 5) is 33.3. The van der Waals surface area contributed by atoms with Crippen LogP contribution >= 0.6 is 0 Å². The molecule has 0 aliphatic carbocycles. The minimum Gasteiger partial charge on any atom is -0.468 e. The molecular weight excluding hydrogens is 204 g/mol. The van der Waals surface area contributed by atoms with Crippen LogP contribution in [0.1, 0.15) is 13.3 Å². The Morgan fingerprint density at radius 3 is 1.87 bits per heavy atom. The fourth-order valence-electron chi connectivity index (χ4n) is 0.934. The number of hydrogen-bond acceptors (Lipinski definition) is 6. The van der Waals surface area contributed by atoms with Gasteiger partial charge in [-0.15, -0.1) is 0 Å². The molecule has 0 radical (unpaired) electrons. The van der Waals surface area contributed by atoms with Gasteiger partial charge < -0.3 is 14.2 Å². The lowest BCUT2D eigenvalue weighted by Gasteiger charge is -2.11. The molecular formula is C9H14O6. The van der Waals surface area contributed by atoms with Crippen LogP contribution in [0.2, 0.25) is 0 Å². The van der Waals surface area contributed by atoms with Crippen molar-refractivity contribution in [3.8, 4) is 0 Å². The number of carbonyl (C=O) groups excluding carboxylic acids is 3. The van der Waals surface area contributed by atoms with Crippen LogP contribution in [0.5, 0.6) is 0 Å². The maximum atomic E-state index is 11.1. The SMILES string of the molecule is CCOC(=O)CC(C(=O)OC)C(=O)OC. The van der Waals surface area contributed by atoms with Crippen LogP contribution in [-0.2, 0) is 28.6 Å². The van der Waals surface area contributed by atoms with E-state index in [0.29, 0.717) is 0 Å². The molecule has 0 aromatic rings. The van der Waals surface area contributed by atoms with Crippen molar-refractivity contribution < 1.29 is 28.6 Å². The van der Waals surface area contributed by atoms with Crippen molar-refractivity contribution in [3.05, 3.63) is 0 Å². The first-order chi connectivity index (χ1) is 7.06. The van der Waals surface area contributed by atoms with E-state index in [9.17, 15) is 14.4 Å². The highest BCUT2D eigenvalue weighted by atomic mass is 16.5. The summed E-state index contributed by atoms with van der Waals surface area (Å²) in [5.41, 5.74) is 0. The van der Waals surface area contributed by atoms with Crippen molar-refractivity contribution in [1.82, 2.24) is 0 Å². The van der Waals surface area contributed by atoms with Crippen molar-refractivity contribution in [2.24, 2.45) is 5.92 Å². The molecule has 15 heavy (non-hydrogen) atoms. The molecule has 0 unspecified atom stereocenters. The standard InChI is InChI=1S/C9H14O6/c1-4-15-7(10)5-6(8(11)13-2)9(12)14-3/h6H,4-5H2,1-3H3. The predicted molar refractivity (Wildman–Crippen MR) is 48.8 cm³/mol. The molecule has 0 bridgehead atoms. The molecule has 0 aliphatic heterocycles. The minimum atomic E-state index is -1.25. The molecule has 0 N–H and O–H groups in total. The van der Waals surface area contributed by atoms with Gasteiger partial charge in [-0.1, -0.05) is 0 Å². The highest BCUT2D eigenvalue weighted by Crippen LogP contribution is 2.09. The van der Waals surface area contributed by atoms with Crippen LogP contribution in [0, 0.1) is 5.92 Å². The molecule has 6 heteroatoms. The molecule has 0 aliphatic rings. The summed E-state index contributed by atoms with van der Waals surface area (Å²) in [5.74, 6) is -3.51. The van der Waals surface area contributed by atoms with Gasteiger partial charge in [0.1, 0.15) is 0 Å². The van der Waals surface area contributed by atoms with Gasteiger partial charge in [-0.2, -0.15) is 0 Å². The zero-order valence-electron chi connectivity index (χ0n) is 8.94. The van der Waals surface area contributed by atoms with Crippen LogP contribution in [0.15, 0.2) is 0 Å². The van der Waals surface area contributed by atoms with Gasteiger partial charge in [0.2, 0.25) is 0 Å². The van der Waals surface area contributed by atoms with Crippen LogP contribution in [0.3, 0.4) is 0 Å². The first-order valence-corrected chi connectivity index (χ1v) is 4.38. The molecule has 0 saturated heterocycles. The van der Waals surface area contributed by atoms with Crippen molar-refractivity contribution in [3.63, 3.8) is 0 Å². The van der Waals surface area contributed by atoms with Crippen molar-refractivity contribution in [1.29, 1.82) is 0 Å². The Kier molecular flexibility index (Phi) is 6.08. The fraction of sp³-hybridized carbons (Fsp3) is 0.667.